The number of methoxy groups -OCH3 is 1. The van der Waals surface area contributed by atoms with E-state index in [1.54, 1.807) is 12.3 Å². The molecule has 0 radical (unpaired) electrons. The molecule has 13 heteroatoms. The topological polar surface area (TPSA) is 87.2 Å². The Balaban J connectivity index is 1.43. The van der Waals surface area contributed by atoms with Crippen molar-refractivity contribution < 1.29 is 17.9 Å². The van der Waals surface area contributed by atoms with Crippen molar-refractivity contribution in [2.75, 3.05) is 25.6 Å². The molecule has 9 nitrogen and oxygen atoms in total. The number of hydrogen-bond donors (Lipinski definition) is 1. The lowest BCUT2D eigenvalue weighted by molar-refractivity contribution is -0.127. The molecule has 3 atom stereocenters. The van der Waals surface area contributed by atoms with Crippen LogP contribution in [-0.2, 0) is 6.42 Å². The van der Waals surface area contributed by atoms with Crippen molar-refractivity contribution in [3.05, 3.63) is 29.8 Å². The summed E-state index contributed by atoms with van der Waals surface area (Å²) in [4.78, 5) is 13.5. The monoisotopic (exact) mass is 504 g/mol. The summed E-state index contributed by atoms with van der Waals surface area (Å²) in [6, 6.07) is 2.89. The van der Waals surface area contributed by atoms with Crippen LogP contribution in [-0.4, -0.2) is 79.7 Å². The molecule has 0 aromatic carbocycles. The van der Waals surface area contributed by atoms with Crippen molar-refractivity contribution in [1.82, 2.24) is 34.7 Å². The van der Waals surface area contributed by atoms with Gasteiger partial charge in [-0.05, 0) is 27.0 Å². The molecule has 1 N–H and O–H groups in total. The molecule has 0 amide bonds. The van der Waals surface area contributed by atoms with Gasteiger partial charge in [-0.3, -0.25) is 10.00 Å². The fraction of sp³-hybridized carbons (Fsp3) is 0.455. The molecular formula is C22H23F3N8OS. The zero-order chi connectivity index (χ0) is 24.6. The Morgan fingerprint density at radius 2 is 2.11 bits per heavy atom. The molecule has 0 saturated carbocycles. The molecule has 0 aliphatic carbocycles. The molecule has 4 aromatic heterocycles. The third-order valence-electron chi connectivity index (χ3n) is 6.95. The number of aromatic nitrogens is 6. The summed E-state index contributed by atoms with van der Waals surface area (Å²) >= 11 is 1.41. The van der Waals surface area contributed by atoms with Crippen molar-refractivity contribution in [3.8, 4) is 27.7 Å². The number of H-pyrrole nitrogens is 1. The predicted molar refractivity (Wildman–Crippen MR) is 125 cm³/mol. The Kier molecular flexibility index (Phi) is 4.87. The lowest BCUT2D eigenvalue weighted by Gasteiger charge is -2.22. The molecular weight excluding hydrogens is 481 g/mol. The van der Waals surface area contributed by atoms with Gasteiger partial charge < -0.3 is 9.64 Å². The maximum atomic E-state index is 13.7. The number of alkyl halides is 3. The second kappa shape index (κ2) is 7.65. The van der Waals surface area contributed by atoms with Crippen LogP contribution < -0.4 is 9.64 Å². The molecule has 35 heavy (non-hydrogen) atoms. The number of likely N-dealkylation sites (tertiary alicyclic amines) is 1. The average Bonchev–Trinajstić information content (AvgIpc) is 3.25. The zero-order valence-corrected chi connectivity index (χ0v) is 20.3. The van der Waals surface area contributed by atoms with Crippen molar-refractivity contribution in [3.63, 3.8) is 0 Å². The summed E-state index contributed by atoms with van der Waals surface area (Å²) in [5, 5.41) is 12.8. The van der Waals surface area contributed by atoms with Gasteiger partial charge in [0, 0.05) is 29.9 Å². The van der Waals surface area contributed by atoms with Crippen molar-refractivity contribution in [2.24, 2.45) is 0 Å². The second-order valence-corrected chi connectivity index (χ2v) is 10.1. The number of piperazine rings is 1. The number of anilines is 1. The first kappa shape index (κ1) is 22.3. The van der Waals surface area contributed by atoms with E-state index in [-0.39, 0.29) is 17.0 Å². The van der Waals surface area contributed by atoms with Gasteiger partial charge in [0.2, 0.25) is 0 Å². The van der Waals surface area contributed by atoms with E-state index in [0.717, 1.165) is 17.2 Å². The Hall–Kier alpha value is -3.19. The van der Waals surface area contributed by atoms with Gasteiger partial charge in [0.05, 0.1) is 42.7 Å². The highest BCUT2D eigenvalue weighted by Gasteiger charge is 2.58. The van der Waals surface area contributed by atoms with E-state index in [9.17, 15) is 13.2 Å². The summed E-state index contributed by atoms with van der Waals surface area (Å²) < 4.78 is 47.9. The van der Waals surface area contributed by atoms with Crippen LogP contribution in [0.4, 0.5) is 18.2 Å². The number of fused-ring (bicyclic) bond motifs is 2. The number of aryl methyl sites for hydroxylation is 1. The molecule has 0 bridgehead atoms. The first-order valence-electron chi connectivity index (χ1n) is 11.1. The maximum Gasteiger partial charge on any atom is 0.393 e. The van der Waals surface area contributed by atoms with Crippen LogP contribution in [0.3, 0.4) is 0 Å². The Bertz CT molecular complexity index is 1430. The van der Waals surface area contributed by atoms with E-state index in [1.807, 2.05) is 6.92 Å². The summed E-state index contributed by atoms with van der Waals surface area (Å²) in [7, 11) is 3.59. The van der Waals surface area contributed by atoms with Gasteiger partial charge in [-0.15, -0.1) is 0 Å². The standard InChI is InChI=1S/C22H23F3N8OS/c1-10-21(33-14-8-31(3)11(2)18(14)33)35-20(28-10)17-13(6-22(23,24)25)16(29-30-17)12-5-15(34-4)19-26-9-27-32(19)7-12/h5,7,9,11,14,18H,6,8H2,1-4H3,(H,29,30)/t11-,14+,18?,33?/m0/s1. The molecule has 184 valence electrons. The smallest absolute Gasteiger partial charge is 0.393 e. The third kappa shape index (κ3) is 3.56. The first-order valence-corrected chi connectivity index (χ1v) is 12.0. The van der Waals surface area contributed by atoms with Gasteiger partial charge >= 0.3 is 6.18 Å². The van der Waals surface area contributed by atoms with Gasteiger partial charge in [0.15, 0.2) is 11.4 Å². The van der Waals surface area contributed by atoms with E-state index in [4.69, 9.17) is 4.74 Å². The Morgan fingerprint density at radius 1 is 1.31 bits per heavy atom. The fourth-order valence-electron chi connectivity index (χ4n) is 5.12. The van der Waals surface area contributed by atoms with Gasteiger partial charge in [-0.2, -0.15) is 23.4 Å². The van der Waals surface area contributed by atoms with Gasteiger partial charge in [-0.1, -0.05) is 11.3 Å². The number of thiazole rings is 1. The minimum Gasteiger partial charge on any atom is -0.493 e. The van der Waals surface area contributed by atoms with Crippen LogP contribution >= 0.6 is 11.3 Å². The average molecular weight is 505 g/mol. The lowest BCUT2D eigenvalue weighted by Crippen LogP contribution is -2.33. The number of hydrogen-bond acceptors (Lipinski definition) is 8. The van der Waals surface area contributed by atoms with Gasteiger partial charge in [0.1, 0.15) is 16.3 Å². The number of aromatic amines is 1. The molecule has 6 rings (SSSR count). The molecule has 2 aliphatic rings. The highest BCUT2D eigenvalue weighted by atomic mass is 32.1. The number of halogens is 3. The van der Waals surface area contributed by atoms with Crippen LogP contribution in [0.1, 0.15) is 18.2 Å². The molecule has 2 aliphatic heterocycles. The number of ether oxygens (including phenoxy) is 1. The van der Waals surface area contributed by atoms with Crippen molar-refractivity contribution in [2.45, 2.75) is 44.6 Å². The van der Waals surface area contributed by atoms with Crippen molar-refractivity contribution >= 4 is 22.0 Å². The number of rotatable bonds is 5. The molecule has 2 fully saturated rings. The predicted octanol–water partition coefficient (Wildman–Crippen LogP) is 3.56. The molecule has 4 aromatic rings. The van der Waals surface area contributed by atoms with Gasteiger partial charge in [0.25, 0.3) is 0 Å². The summed E-state index contributed by atoms with van der Waals surface area (Å²) in [6.07, 6.45) is -2.62. The molecule has 2 saturated heterocycles. The Labute approximate surface area is 202 Å². The fourth-order valence-corrected chi connectivity index (χ4v) is 6.31. The maximum absolute atomic E-state index is 13.7. The SMILES string of the molecule is COc1cc(-c2n[nH]c(-c3nc(C)c(N4C5[C@H]4CN(C)[C@H]5C)s3)c2CC(F)(F)F)cn2ncnc12. The summed E-state index contributed by atoms with van der Waals surface area (Å²) in [6.45, 7) is 5.07. The van der Waals surface area contributed by atoms with E-state index >= 15 is 0 Å². The number of pyridine rings is 1. The Morgan fingerprint density at radius 3 is 2.80 bits per heavy atom. The molecule has 6 heterocycles. The van der Waals surface area contributed by atoms with Crippen LogP contribution in [0.5, 0.6) is 5.75 Å². The lowest BCUT2D eigenvalue weighted by atomic mass is 10.0. The molecule has 1 unspecified atom stereocenters. The summed E-state index contributed by atoms with van der Waals surface area (Å²) in [5.41, 5.74) is 2.22. The summed E-state index contributed by atoms with van der Waals surface area (Å²) in [5.74, 6) is 0.391. The van der Waals surface area contributed by atoms with E-state index in [0.29, 0.717) is 40.1 Å². The highest BCUT2D eigenvalue weighted by molar-refractivity contribution is 7.19. The van der Waals surface area contributed by atoms with Gasteiger partial charge in [-0.25, -0.2) is 14.5 Å². The number of likely N-dealkylation sites (N-methyl/N-ethyl adjacent to an activating group) is 1. The highest BCUT2D eigenvalue weighted by Crippen LogP contribution is 2.49. The zero-order valence-electron chi connectivity index (χ0n) is 19.5. The van der Waals surface area contributed by atoms with Crippen LogP contribution in [0.15, 0.2) is 18.6 Å². The largest absolute Gasteiger partial charge is 0.493 e. The van der Waals surface area contributed by atoms with E-state index in [2.05, 4.69) is 49.0 Å². The van der Waals surface area contributed by atoms with Crippen LogP contribution in [0, 0.1) is 6.92 Å². The minimum atomic E-state index is -4.43. The second-order valence-electron chi connectivity index (χ2n) is 9.10. The van der Waals surface area contributed by atoms with E-state index in [1.165, 1.54) is 29.3 Å². The molecule has 0 spiro atoms. The number of nitrogens with zero attached hydrogens (tertiary/aromatic N) is 7. The first-order chi connectivity index (χ1) is 16.7. The van der Waals surface area contributed by atoms with Crippen LogP contribution in [0.2, 0.25) is 0 Å². The normalized spacial score (nSPS) is 22.3. The van der Waals surface area contributed by atoms with E-state index < -0.39 is 12.6 Å². The quantitative estimate of drug-likeness (QED) is 0.416. The van der Waals surface area contributed by atoms with Crippen LogP contribution in [0.25, 0.3) is 27.6 Å². The van der Waals surface area contributed by atoms with Crippen molar-refractivity contribution in [1.29, 1.82) is 0 Å². The number of nitrogens with one attached hydrogen (secondary N) is 1. The third-order valence-corrected chi connectivity index (χ3v) is 8.14. The minimum absolute atomic E-state index is 0.0402.